The molecule has 0 aromatic carbocycles. The third kappa shape index (κ3) is 3.56. The summed E-state index contributed by atoms with van der Waals surface area (Å²) in [6.45, 7) is 7.47. The molecule has 6 nitrogen and oxygen atoms in total. The van der Waals surface area contributed by atoms with Crippen LogP contribution in [0.4, 0.5) is 0 Å². The minimum atomic E-state index is -1.03. The van der Waals surface area contributed by atoms with Gasteiger partial charge in [0.25, 0.3) is 5.91 Å². The number of nitrogens with one attached hydrogen (secondary N) is 1. The predicted octanol–water partition coefficient (Wildman–Crippen LogP) is 1.38. The summed E-state index contributed by atoms with van der Waals surface area (Å²) < 4.78 is 1.48. The molecule has 19 heavy (non-hydrogen) atoms. The van der Waals surface area contributed by atoms with Crippen LogP contribution in [0.1, 0.15) is 49.8 Å². The second-order valence-electron chi connectivity index (χ2n) is 5.27. The van der Waals surface area contributed by atoms with Crippen molar-refractivity contribution in [2.24, 2.45) is 13.0 Å². The molecule has 0 saturated carbocycles. The fourth-order valence-corrected chi connectivity index (χ4v) is 1.71. The zero-order valence-corrected chi connectivity index (χ0v) is 12.0. The maximum Gasteiger partial charge on any atom is 0.326 e. The highest BCUT2D eigenvalue weighted by Gasteiger charge is 2.25. The first-order chi connectivity index (χ1) is 8.73. The molecule has 1 aromatic rings. The van der Waals surface area contributed by atoms with Gasteiger partial charge in [0.05, 0.1) is 5.69 Å². The van der Waals surface area contributed by atoms with Crippen molar-refractivity contribution in [1.82, 2.24) is 15.1 Å². The summed E-state index contributed by atoms with van der Waals surface area (Å²) in [4.78, 5) is 23.2. The van der Waals surface area contributed by atoms with Gasteiger partial charge in [-0.1, -0.05) is 27.7 Å². The first-order valence-electron chi connectivity index (χ1n) is 6.31. The fourth-order valence-electron chi connectivity index (χ4n) is 1.71. The van der Waals surface area contributed by atoms with Crippen LogP contribution < -0.4 is 5.32 Å². The molecule has 1 rings (SSSR count). The van der Waals surface area contributed by atoms with Crippen LogP contribution >= 0.6 is 0 Å². The summed E-state index contributed by atoms with van der Waals surface area (Å²) in [5, 5.41) is 15.8. The number of aliphatic carboxylic acids is 1. The molecule has 0 spiro atoms. The van der Waals surface area contributed by atoms with E-state index in [1.54, 1.807) is 27.0 Å². The first-order valence-corrected chi connectivity index (χ1v) is 6.31. The number of hydrogen-bond donors (Lipinski definition) is 2. The van der Waals surface area contributed by atoms with E-state index in [1.807, 2.05) is 13.8 Å². The van der Waals surface area contributed by atoms with Gasteiger partial charge in [-0.15, -0.1) is 0 Å². The normalized spacial score (nSPS) is 12.8. The average molecular weight is 267 g/mol. The van der Waals surface area contributed by atoms with E-state index in [-0.39, 0.29) is 11.8 Å². The van der Waals surface area contributed by atoms with Gasteiger partial charge >= 0.3 is 5.97 Å². The van der Waals surface area contributed by atoms with Crippen molar-refractivity contribution in [3.05, 3.63) is 17.5 Å². The summed E-state index contributed by atoms with van der Waals surface area (Å²) in [6.07, 6.45) is 0. The van der Waals surface area contributed by atoms with E-state index in [0.717, 1.165) is 5.69 Å². The Bertz CT molecular complexity index is 477. The lowest BCUT2D eigenvalue weighted by Gasteiger charge is -2.17. The van der Waals surface area contributed by atoms with E-state index in [0.29, 0.717) is 5.69 Å². The molecule has 106 valence electrons. The zero-order chi connectivity index (χ0) is 14.7. The minimum Gasteiger partial charge on any atom is -0.480 e. The zero-order valence-electron chi connectivity index (χ0n) is 12.0. The van der Waals surface area contributed by atoms with Gasteiger partial charge < -0.3 is 10.4 Å². The van der Waals surface area contributed by atoms with Gasteiger partial charge in [-0.3, -0.25) is 9.48 Å². The van der Waals surface area contributed by atoms with Crippen LogP contribution in [0.25, 0.3) is 0 Å². The molecule has 1 atom stereocenters. The Morgan fingerprint density at radius 2 is 1.89 bits per heavy atom. The molecule has 0 bridgehead atoms. The van der Waals surface area contributed by atoms with Crippen molar-refractivity contribution in [3.8, 4) is 0 Å². The molecule has 2 N–H and O–H groups in total. The first kappa shape index (κ1) is 15.2. The molecule has 1 heterocycles. The number of carboxylic acid groups (broad SMARTS) is 1. The average Bonchev–Trinajstić information content (AvgIpc) is 2.67. The Hall–Kier alpha value is -1.85. The van der Waals surface area contributed by atoms with E-state index in [9.17, 15) is 9.59 Å². The summed E-state index contributed by atoms with van der Waals surface area (Å²) in [6, 6.07) is 0.795. The predicted molar refractivity (Wildman–Crippen MR) is 71.0 cm³/mol. The lowest BCUT2D eigenvalue weighted by Crippen LogP contribution is -2.44. The van der Waals surface area contributed by atoms with Crippen LogP contribution in [0.5, 0.6) is 0 Å². The van der Waals surface area contributed by atoms with E-state index in [2.05, 4.69) is 10.4 Å². The van der Waals surface area contributed by atoms with E-state index in [1.165, 1.54) is 4.68 Å². The number of aryl methyl sites for hydroxylation is 1. The number of carboxylic acids is 1. The quantitative estimate of drug-likeness (QED) is 0.844. The lowest BCUT2D eigenvalue weighted by atomic mass is 10.0. The van der Waals surface area contributed by atoms with Crippen molar-refractivity contribution < 1.29 is 14.7 Å². The number of aromatic nitrogens is 2. The van der Waals surface area contributed by atoms with Crippen molar-refractivity contribution in [3.63, 3.8) is 0 Å². The largest absolute Gasteiger partial charge is 0.480 e. The molecular weight excluding hydrogens is 246 g/mol. The van der Waals surface area contributed by atoms with E-state index >= 15 is 0 Å². The smallest absolute Gasteiger partial charge is 0.326 e. The second-order valence-corrected chi connectivity index (χ2v) is 5.27. The van der Waals surface area contributed by atoms with Crippen molar-refractivity contribution in [2.75, 3.05) is 0 Å². The highest BCUT2D eigenvalue weighted by Crippen LogP contribution is 2.14. The standard InChI is InChI=1S/C13H21N3O3/c1-7(2)9-6-10(16(5)15-9)12(17)14-11(8(3)4)13(18)19/h6-8,11H,1-5H3,(H,14,17)(H,18,19)/t11-/m0/s1. The van der Waals surface area contributed by atoms with Crippen LogP contribution in [0.3, 0.4) is 0 Å². The van der Waals surface area contributed by atoms with Gasteiger partial charge in [-0.2, -0.15) is 5.10 Å². The summed E-state index contributed by atoms with van der Waals surface area (Å²) >= 11 is 0. The van der Waals surface area contributed by atoms with Gasteiger partial charge in [-0.25, -0.2) is 4.79 Å². The summed E-state index contributed by atoms with van der Waals surface area (Å²) in [5.74, 6) is -1.41. The van der Waals surface area contributed by atoms with E-state index in [4.69, 9.17) is 5.11 Å². The molecule has 0 unspecified atom stereocenters. The Morgan fingerprint density at radius 1 is 1.32 bits per heavy atom. The summed E-state index contributed by atoms with van der Waals surface area (Å²) in [5.41, 5.74) is 1.18. The fraction of sp³-hybridized carbons (Fsp3) is 0.615. The topological polar surface area (TPSA) is 84.2 Å². The Morgan fingerprint density at radius 3 is 2.26 bits per heavy atom. The van der Waals surface area contributed by atoms with Crippen molar-refractivity contribution in [2.45, 2.75) is 39.7 Å². The molecule has 0 aliphatic carbocycles. The Kier molecular flexibility index (Phi) is 4.69. The Labute approximate surface area is 112 Å². The minimum absolute atomic E-state index is 0.181. The number of carbonyl (C=O) groups is 2. The number of nitrogens with zero attached hydrogens (tertiary/aromatic N) is 2. The number of hydrogen-bond acceptors (Lipinski definition) is 3. The highest BCUT2D eigenvalue weighted by molar-refractivity contribution is 5.95. The molecule has 6 heteroatoms. The SMILES string of the molecule is CC(C)c1cc(C(=O)N[C@H](C(=O)O)C(C)C)n(C)n1. The van der Waals surface area contributed by atoms with Gasteiger partial charge in [0.15, 0.2) is 0 Å². The van der Waals surface area contributed by atoms with Gasteiger partial charge in [0.2, 0.25) is 0 Å². The number of carbonyl (C=O) groups excluding carboxylic acids is 1. The highest BCUT2D eigenvalue weighted by atomic mass is 16.4. The lowest BCUT2D eigenvalue weighted by molar-refractivity contribution is -0.140. The third-order valence-electron chi connectivity index (χ3n) is 2.94. The molecule has 1 amide bonds. The van der Waals surface area contributed by atoms with Crippen LogP contribution in [-0.4, -0.2) is 32.8 Å². The molecule has 0 aliphatic heterocycles. The van der Waals surface area contributed by atoms with Crippen LogP contribution in [0, 0.1) is 5.92 Å². The molecule has 0 aliphatic rings. The molecule has 1 aromatic heterocycles. The van der Waals surface area contributed by atoms with Crippen LogP contribution in [0.2, 0.25) is 0 Å². The molecule has 0 saturated heterocycles. The molecule has 0 radical (unpaired) electrons. The number of rotatable bonds is 5. The van der Waals surface area contributed by atoms with Gasteiger partial charge in [-0.05, 0) is 17.9 Å². The maximum absolute atomic E-state index is 12.1. The monoisotopic (exact) mass is 267 g/mol. The molecular formula is C13H21N3O3. The van der Waals surface area contributed by atoms with Crippen molar-refractivity contribution in [1.29, 1.82) is 0 Å². The Balaban J connectivity index is 2.91. The van der Waals surface area contributed by atoms with Crippen molar-refractivity contribution >= 4 is 11.9 Å². The second kappa shape index (κ2) is 5.86. The van der Waals surface area contributed by atoms with Crippen LogP contribution in [0.15, 0.2) is 6.07 Å². The maximum atomic E-state index is 12.1. The van der Waals surface area contributed by atoms with E-state index < -0.39 is 17.9 Å². The summed E-state index contributed by atoms with van der Waals surface area (Å²) in [7, 11) is 1.67. The third-order valence-corrected chi connectivity index (χ3v) is 2.94. The number of amides is 1. The van der Waals surface area contributed by atoms with Gasteiger partial charge in [0.1, 0.15) is 11.7 Å². The van der Waals surface area contributed by atoms with Gasteiger partial charge in [0, 0.05) is 7.05 Å². The van der Waals surface area contributed by atoms with Crippen LogP contribution in [-0.2, 0) is 11.8 Å². The molecule has 0 fully saturated rings.